The molecule has 4 rings (SSSR count). The number of aromatic nitrogens is 2. The van der Waals surface area contributed by atoms with E-state index in [9.17, 15) is 9.18 Å². The van der Waals surface area contributed by atoms with E-state index in [0.717, 1.165) is 35.7 Å². The van der Waals surface area contributed by atoms with E-state index >= 15 is 0 Å². The Labute approximate surface area is 194 Å². The van der Waals surface area contributed by atoms with Gasteiger partial charge >= 0.3 is 0 Å². The number of hydrogen-bond donors (Lipinski definition) is 1. The Morgan fingerprint density at radius 3 is 2.67 bits per heavy atom. The molecule has 1 fully saturated rings. The number of piperidine rings is 1. The maximum absolute atomic E-state index is 13.9. The fourth-order valence-electron chi connectivity index (χ4n) is 4.21. The molecule has 1 N–H and O–H groups in total. The van der Waals surface area contributed by atoms with E-state index in [2.05, 4.69) is 16.4 Å². The summed E-state index contributed by atoms with van der Waals surface area (Å²) in [7, 11) is 1.82. The molecule has 7 heteroatoms. The highest BCUT2D eigenvalue weighted by Crippen LogP contribution is 2.28. The van der Waals surface area contributed by atoms with E-state index in [1.54, 1.807) is 29.3 Å². The molecule has 0 aliphatic carbocycles. The van der Waals surface area contributed by atoms with Crippen molar-refractivity contribution in [1.29, 1.82) is 0 Å². The Morgan fingerprint density at radius 1 is 1.12 bits per heavy atom. The van der Waals surface area contributed by atoms with Crippen molar-refractivity contribution in [3.8, 4) is 0 Å². The number of halogens is 1. The van der Waals surface area contributed by atoms with Gasteiger partial charge < -0.3 is 15.1 Å². The first-order chi connectivity index (χ1) is 16.0. The smallest absolute Gasteiger partial charge is 0.224 e. The molecular formula is C26H30FN5O. The second-order valence-electron chi connectivity index (χ2n) is 8.52. The van der Waals surface area contributed by atoms with Gasteiger partial charge in [-0.1, -0.05) is 24.3 Å². The first kappa shape index (κ1) is 22.7. The predicted molar refractivity (Wildman–Crippen MR) is 129 cm³/mol. The molecule has 0 saturated carbocycles. The topological polar surface area (TPSA) is 61.4 Å². The Balaban J connectivity index is 1.29. The fourth-order valence-corrected chi connectivity index (χ4v) is 4.21. The summed E-state index contributed by atoms with van der Waals surface area (Å²) >= 11 is 0. The lowest BCUT2D eigenvalue weighted by Crippen LogP contribution is -2.39. The average Bonchev–Trinajstić information content (AvgIpc) is 2.84. The maximum atomic E-state index is 13.9. The number of rotatable bonds is 7. The van der Waals surface area contributed by atoms with Crippen molar-refractivity contribution in [2.45, 2.75) is 32.1 Å². The predicted octanol–water partition coefficient (Wildman–Crippen LogP) is 4.90. The number of nitrogens with one attached hydrogen (secondary N) is 1. The number of carbonyl (C=O) groups excluding carboxylic acids is 1. The quantitative estimate of drug-likeness (QED) is 0.558. The van der Waals surface area contributed by atoms with Gasteiger partial charge in [0.2, 0.25) is 5.91 Å². The summed E-state index contributed by atoms with van der Waals surface area (Å²) in [5.41, 5.74) is 2.63. The second kappa shape index (κ2) is 10.4. The molecule has 2 aromatic heterocycles. The summed E-state index contributed by atoms with van der Waals surface area (Å²) in [5.74, 6) is 1.76. The molecular weight excluding hydrogens is 417 g/mol. The van der Waals surface area contributed by atoms with Crippen molar-refractivity contribution in [3.05, 3.63) is 77.9 Å². The van der Waals surface area contributed by atoms with Gasteiger partial charge in [0, 0.05) is 50.9 Å². The molecule has 0 spiro atoms. The van der Waals surface area contributed by atoms with Gasteiger partial charge in [-0.3, -0.25) is 4.79 Å². The third-order valence-electron chi connectivity index (χ3n) is 6.22. The molecule has 1 amide bonds. The molecule has 172 valence electrons. The molecule has 33 heavy (non-hydrogen) atoms. The standard InChI is InChI=1S/C26H30FN5O/c1-19-7-6-15-28-26(19)30-24-11-5-9-22(29-24)20-12-17-32(18-13-20)25(33)14-16-31(2)23-10-4-3-8-21(23)27/h3-11,15,20H,12-14,16-18H2,1-2H3,(H,28,29,30). The average molecular weight is 448 g/mol. The van der Waals surface area contributed by atoms with Gasteiger partial charge in [-0.2, -0.15) is 0 Å². The zero-order valence-electron chi connectivity index (χ0n) is 19.2. The number of pyridine rings is 2. The normalized spacial score (nSPS) is 14.2. The highest BCUT2D eigenvalue weighted by atomic mass is 19.1. The van der Waals surface area contributed by atoms with E-state index in [1.807, 2.05) is 43.1 Å². The molecule has 1 aromatic carbocycles. The SMILES string of the molecule is Cc1cccnc1Nc1cccc(C2CCN(C(=O)CCN(C)c3ccccc3F)CC2)n1. The lowest BCUT2D eigenvalue weighted by atomic mass is 9.93. The van der Waals surface area contributed by atoms with Gasteiger partial charge in [0.1, 0.15) is 17.5 Å². The molecule has 6 nitrogen and oxygen atoms in total. The number of aryl methyl sites for hydroxylation is 1. The lowest BCUT2D eigenvalue weighted by molar-refractivity contribution is -0.132. The first-order valence-electron chi connectivity index (χ1n) is 11.4. The van der Waals surface area contributed by atoms with Gasteiger partial charge in [-0.15, -0.1) is 0 Å². The maximum Gasteiger partial charge on any atom is 0.224 e. The van der Waals surface area contributed by atoms with Crippen molar-refractivity contribution in [2.75, 3.05) is 36.9 Å². The summed E-state index contributed by atoms with van der Waals surface area (Å²) in [5, 5.41) is 3.31. The monoisotopic (exact) mass is 447 g/mol. The van der Waals surface area contributed by atoms with E-state index in [-0.39, 0.29) is 11.7 Å². The van der Waals surface area contributed by atoms with Crippen molar-refractivity contribution < 1.29 is 9.18 Å². The number of anilines is 3. The molecule has 3 aromatic rings. The van der Waals surface area contributed by atoms with Gasteiger partial charge in [0.05, 0.1) is 5.69 Å². The van der Waals surface area contributed by atoms with Gasteiger partial charge in [0.15, 0.2) is 0 Å². The molecule has 0 unspecified atom stereocenters. The van der Waals surface area contributed by atoms with Crippen LogP contribution in [-0.2, 0) is 4.79 Å². The van der Waals surface area contributed by atoms with Crippen LogP contribution in [-0.4, -0.2) is 47.5 Å². The Hall–Kier alpha value is -3.48. The Kier molecular flexibility index (Phi) is 7.17. The van der Waals surface area contributed by atoms with E-state index < -0.39 is 0 Å². The molecule has 0 bridgehead atoms. The van der Waals surface area contributed by atoms with Crippen molar-refractivity contribution in [1.82, 2.24) is 14.9 Å². The number of benzene rings is 1. The lowest BCUT2D eigenvalue weighted by Gasteiger charge is -2.32. The zero-order valence-corrected chi connectivity index (χ0v) is 19.2. The molecule has 0 atom stereocenters. The summed E-state index contributed by atoms with van der Waals surface area (Å²) in [6.07, 6.45) is 3.90. The van der Waals surface area contributed by atoms with Gasteiger partial charge in [-0.25, -0.2) is 14.4 Å². The first-order valence-corrected chi connectivity index (χ1v) is 11.4. The van der Waals surface area contributed by atoms with E-state index in [1.165, 1.54) is 6.07 Å². The summed E-state index contributed by atoms with van der Waals surface area (Å²) < 4.78 is 13.9. The number of amides is 1. The van der Waals surface area contributed by atoms with E-state index in [4.69, 9.17) is 4.98 Å². The van der Waals surface area contributed by atoms with Crippen LogP contribution >= 0.6 is 0 Å². The second-order valence-corrected chi connectivity index (χ2v) is 8.52. The third-order valence-corrected chi connectivity index (χ3v) is 6.22. The molecule has 1 aliphatic heterocycles. The van der Waals surface area contributed by atoms with Crippen LogP contribution in [0.25, 0.3) is 0 Å². The van der Waals surface area contributed by atoms with Crippen LogP contribution in [0.15, 0.2) is 60.8 Å². The van der Waals surface area contributed by atoms with Crippen molar-refractivity contribution >= 4 is 23.2 Å². The minimum Gasteiger partial charge on any atom is -0.372 e. The molecule has 0 radical (unpaired) electrons. The molecule has 1 saturated heterocycles. The van der Waals surface area contributed by atoms with Crippen LogP contribution in [0.3, 0.4) is 0 Å². The van der Waals surface area contributed by atoms with Gasteiger partial charge in [-0.05, 0) is 55.7 Å². The van der Waals surface area contributed by atoms with Crippen LogP contribution in [0.2, 0.25) is 0 Å². The molecule has 3 heterocycles. The summed E-state index contributed by atoms with van der Waals surface area (Å²) in [6, 6.07) is 16.6. The summed E-state index contributed by atoms with van der Waals surface area (Å²) in [6.45, 7) is 3.93. The van der Waals surface area contributed by atoms with Crippen LogP contribution in [0.4, 0.5) is 21.7 Å². The van der Waals surface area contributed by atoms with Crippen molar-refractivity contribution in [3.63, 3.8) is 0 Å². The highest BCUT2D eigenvalue weighted by Gasteiger charge is 2.25. The third kappa shape index (κ3) is 5.66. The van der Waals surface area contributed by atoms with Crippen LogP contribution in [0.1, 0.15) is 36.4 Å². The van der Waals surface area contributed by atoms with Crippen molar-refractivity contribution in [2.24, 2.45) is 0 Å². The van der Waals surface area contributed by atoms with Crippen LogP contribution in [0, 0.1) is 12.7 Å². The zero-order chi connectivity index (χ0) is 23.2. The van der Waals surface area contributed by atoms with E-state index in [0.29, 0.717) is 37.7 Å². The fraction of sp³-hybridized carbons (Fsp3) is 0.346. The summed E-state index contributed by atoms with van der Waals surface area (Å²) in [4.78, 5) is 25.6. The Bertz CT molecular complexity index is 1100. The number of nitrogens with zero attached hydrogens (tertiary/aromatic N) is 4. The van der Waals surface area contributed by atoms with Gasteiger partial charge in [0.25, 0.3) is 0 Å². The largest absolute Gasteiger partial charge is 0.372 e. The minimum absolute atomic E-state index is 0.116. The Morgan fingerprint density at radius 2 is 1.91 bits per heavy atom. The number of likely N-dealkylation sites (tertiary alicyclic amines) is 1. The minimum atomic E-state index is -0.268. The highest BCUT2D eigenvalue weighted by molar-refractivity contribution is 5.77. The number of para-hydroxylation sites is 1. The number of hydrogen-bond acceptors (Lipinski definition) is 5. The van der Waals surface area contributed by atoms with Crippen LogP contribution < -0.4 is 10.2 Å². The molecule has 1 aliphatic rings. The van der Waals surface area contributed by atoms with Crippen LogP contribution in [0.5, 0.6) is 0 Å². The number of carbonyl (C=O) groups is 1.